The highest BCUT2D eigenvalue weighted by Crippen LogP contribution is 2.12. The summed E-state index contributed by atoms with van der Waals surface area (Å²) in [5.41, 5.74) is 5.12. The fraction of sp³-hybridized carbons (Fsp3) is 0.857. The van der Waals surface area contributed by atoms with Gasteiger partial charge in [-0.3, -0.25) is 5.41 Å². The van der Waals surface area contributed by atoms with Gasteiger partial charge in [-0.25, -0.2) is 0 Å². The molecule has 0 aliphatic rings. The van der Waals surface area contributed by atoms with Crippen LogP contribution in [-0.4, -0.2) is 33.0 Å². The number of nitrogens with one attached hydrogen (secondary N) is 3. The van der Waals surface area contributed by atoms with Gasteiger partial charge in [0.2, 0.25) is 0 Å². The van der Waals surface area contributed by atoms with E-state index in [1.807, 2.05) is 4.72 Å². The van der Waals surface area contributed by atoms with E-state index in [1.165, 1.54) is 4.72 Å². The molecule has 1 atom stereocenters. The molecule has 0 aliphatic heterocycles. The molecule has 0 aromatic rings. The predicted octanol–water partition coefficient (Wildman–Crippen LogP) is 0.0774. The van der Waals surface area contributed by atoms with Gasteiger partial charge in [-0.15, -0.1) is 0 Å². The van der Waals surface area contributed by atoms with Gasteiger partial charge in [-0.05, 0) is 6.42 Å². The molecule has 0 saturated heterocycles. The average molecular weight is 276 g/mol. The number of nitrogens with two attached hydrogens (primary N) is 1. The predicted molar refractivity (Wildman–Crippen MR) is 56.7 cm³/mol. The standard InChI is InChI=1S/C7H15F3N4O2S/c1-2-3-5(6(11)12)14-17(15,16)13-4-7(8,9)10/h5,13-14H,2-4H2,1H3,(H3,11,12). The Morgan fingerprint density at radius 2 is 2.00 bits per heavy atom. The highest BCUT2D eigenvalue weighted by Gasteiger charge is 2.30. The lowest BCUT2D eigenvalue weighted by atomic mass is 10.2. The Bertz CT molecular complexity index is 355. The number of hydrogen-bond donors (Lipinski definition) is 4. The highest BCUT2D eigenvalue weighted by atomic mass is 32.2. The van der Waals surface area contributed by atoms with Crippen molar-refractivity contribution in [1.29, 1.82) is 5.41 Å². The van der Waals surface area contributed by atoms with Crippen molar-refractivity contribution in [3.63, 3.8) is 0 Å². The van der Waals surface area contributed by atoms with Gasteiger partial charge in [0.25, 0.3) is 10.2 Å². The van der Waals surface area contributed by atoms with Gasteiger partial charge in [-0.1, -0.05) is 13.3 Å². The molecule has 0 heterocycles. The number of alkyl halides is 3. The van der Waals surface area contributed by atoms with Crippen molar-refractivity contribution in [3.8, 4) is 0 Å². The molecule has 0 aliphatic carbocycles. The maximum Gasteiger partial charge on any atom is 0.402 e. The van der Waals surface area contributed by atoms with Crippen LogP contribution in [0.3, 0.4) is 0 Å². The Morgan fingerprint density at radius 1 is 1.47 bits per heavy atom. The summed E-state index contributed by atoms with van der Waals surface area (Å²) < 4.78 is 61.0. The van der Waals surface area contributed by atoms with Crippen LogP contribution in [0.2, 0.25) is 0 Å². The summed E-state index contributed by atoms with van der Waals surface area (Å²) in [6.07, 6.45) is -3.86. The van der Waals surface area contributed by atoms with Gasteiger partial charge in [0.05, 0.1) is 6.04 Å². The highest BCUT2D eigenvalue weighted by molar-refractivity contribution is 7.87. The van der Waals surface area contributed by atoms with Crippen LogP contribution in [0.25, 0.3) is 0 Å². The van der Waals surface area contributed by atoms with Crippen LogP contribution in [-0.2, 0) is 10.2 Å². The van der Waals surface area contributed by atoms with Gasteiger partial charge in [0, 0.05) is 0 Å². The Balaban J connectivity index is 4.46. The third-order valence-electron chi connectivity index (χ3n) is 1.71. The number of amidine groups is 1. The summed E-state index contributed by atoms with van der Waals surface area (Å²) in [7, 11) is -4.32. The summed E-state index contributed by atoms with van der Waals surface area (Å²) >= 11 is 0. The van der Waals surface area contributed by atoms with E-state index in [0.29, 0.717) is 6.42 Å². The zero-order valence-corrected chi connectivity index (χ0v) is 9.95. The summed E-state index contributed by atoms with van der Waals surface area (Å²) in [5, 5.41) is 7.09. The van der Waals surface area contributed by atoms with Crippen LogP contribution in [0.4, 0.5) is 13.2 Å². The number of hydrogen-bond acceptors (Lipinski definition) is 3. The third kappa shape index (κ3) is 7.94. The molecule has 0 amide bonds. The van der Waals surface area contributed by atoms with Crippen molar-refractivity contribution in [2.24, 2.45) is 5.73 Å². The molecular weight excluding hydrogens is 261 g/mol. The summed E-state index contributed by atoms with van der Waals surface area (Å²) in [4.78, 5) is 0. The van der Waals surface area contributed by atoms with Crippen LogP contribution in [0.1, 0.15) is 19.8 Å². The first-order valence-corrected chi connectivity index (χ1v) is 6.23. The quantitative estimate of drug-likeness (QED) is 0.390. The van der Waals surface area contributed by atoms with Crippen LogP contribution >= 0.6 is 0 Å². The molecule has 102 valence electrons. The fourth-order valence-electron chi connectivity index (χ4n) is 0.972. The van der Waals surface area contributed by atoms with Crippen LogP contribution in [0, 0.1) is 5.41 Å². The SMILES string of the molecule is CCCC(NS(=O)(=O)NCC(F)(F)F)C(=N)N. The Hall–Kier alpha value is -0.870. The van der Waals surface area contributed by atoms with E-state index in [0.717, 1.165) is 0 Å². The summed E-state index contributed by atoms with van der Waals surface area (Å²) in [6, 6.07) is -0.995. The van der Waals surface area contributed by atoms with Gasteiger partial charge in [0.1, 0.15) is 12.4 Å². The van der Waals surface area contributed by atoms with Gasteiger partial charge in [0.15, 0.2) is 0 Å². The zero-order valence-electron chi connectivity index (χ0n) is 9.13. The van der Waals surface area contributed by atoms with Crippen molar-refractivity contribution < 1.29 is 21.6 Å². The van der Waals surface area contributed by atoms with E-state index in [2.05, 4.69) is 0 Å². The van der Waals surface area contributed by atoms with Crippen LogP contribution < -0.4 is 15.2 Å². The normalized spacial score (nSPS) is 14.6. The summed E-state index contributed by atoms with van der Waals surface area (Å²) in [6.45, 7) is 0.0620. The van der Waals surface area contributed by atoms with Crippen LogP contribution in [0.5, 0.6) is 0 Å². The Labute approximate surface area is 97.4 Å². The molecule has 0 aromatic heterocycles. The molecule has 0 radical (unpaired) electrons. The first-order valence-electron chi connectivity index (χ1n) is 4.75. The third-order valence-corrected chi connectivity index (χ3v) is 2.83. The average Bonchev–Trinajstić information content (AvgIpc) is 2.13. The zero-order chi connectivity index (χ0) is 13.7. The largest absolute Gasteiger partial charge is 0.402 e. The van der Waals surface area contributed by atoms with Crippen molar-refractivity contribution >= 4 is 16.0 Å². The topological polar surface area (TPSA) is 108 Å². The lowest BCUT2D eigenvalue weighted by Crippen LogP contribution is -2.50. The molecule has 5 N–H and O–H groups in total. The number of halogens is 3. The van der Waals surface area contributed by atoms with Gasteiger partial charge in [-0.2, -0.15) is 31.0 Å². The van der Waals surface area contributed by atoms with Gasteiger partial charge >= 0.3 is 6.18 Å². The maximum atomic E-state index is 11.8. The second-order valence-corrected chi connectivity index (χ2v) is 4.89. The maximum absolute atomic E-state index is 11.8. The Kier molecular flexibility index (Phi) is 5.85. The molecule has 17 heavy (non-hydrogen) atoms. The van der Waals surface area contributed by atoms with E-state index >= 15 is 0 Å². The molecule has 0 fully saturated rings. The Morgan fingerprint density at radius 3 is 2.35 bits per heavy atom. The molecule has 1 unspecified atom stereocenters. The minimum Gasteiger partial charge on any atom is -0.386 e. The molecule has 6 nitrogen and oxygen atoms in total. The van der Waals surface area contributed by atoms with Gasteiger partial charge < -0.3 is 5.73 Å². The van der Waals surface area contributed by atoms with Crippen molar-refractivity contribution in [1.82, 2.24) is 9.44 Å². The first kappa shape index (κ1) is 16.1. The molecule has 0 rings (SSSR count). The minimum absolute atomic E-state index is 0.238. The minimum atomic E-state index is -4.63. The monoisotopic (exact) mass is 276 g/mol. The molecule has 0 spiro atoms. The fourth-order valence-corrected chi connectivity index (χ4v) is 2.03. The first-order chi connectivity index (χ1) is 7.57. The second kappa shape index (κ2) is 6.17. The number of rotatable bonds is 7. The van der Waals surface area contributed by atoms with E-state index in [-0.39, 0.29) is 6.42 Å². The van der Waals surface area contributed by atoms with E-state index < -0.39 is 34.8 Å². The molecule has 0 aromatic carbocycles. The van der Waals surface area contributed by atoms with Crippen molar-refractivity contribution in [2.75, 3.05) is 6.54 Å². The molecule has 0 saturated carbocycles. The van der Waals surface area contributed by atoms with E-state index in [1.54, 1.807) is 6.92 Å². The van der Waals surface area contributed by atoms with E-state index in [9.17, 15) is 21.6 Å². The smallest absolute Gasteiger partial charge is 0.386 e. The van der Waals surface area contributed by atoms with Crippen molar-refractivity contribution in [2.45, 2.75) is 32.0 Å². The summed E-state index contributed by atoms with van der Waals surface area (Å²) in [5.74, 6) is -0.441. The molecule has 0 bridgehead atoms. The second-order valence-electron chi connectivity index (χ2n) is 3.35. The van der Waals surface area contributed by atoms with Crippen molar-refractivity contribution in [3.05, 3.63) is 0 Å². The lowest BCUT2D eigenvalue weighted by Gasteiger charge is -2.17. The molecular formula is C7H15F3N4O2S. The molecule has 10 heteroatoms. The lowest BCUT2D eigenvalue weighted by molar-refractivity contribution is -0.121. The van der Waals surface area contributed by atoms with Crippen LogP contribution in [0.15, 0.2) is 0 Å². The van der Waals surface area contributed by atoms with E-state index in [4.69, 9.17) is 11.1 Å².